The van der Waals surface area contributed by atoms with Crippen molar-refractivity contribution in [3.63, 3.8) is 0 Å². The zero-order chi connectivity index (χ0) is 8.27. The number of rotatable bonds is 1. The molecule has 64 valence electrons. The number of hydrogen-bond acceptors (Lipinski definition) is 1. The fourth-order valence-electron chi connectivity index (χ4n) is 1.60. The van der Waals surface area contributed by atoms with E-state index in [-0.39, 0.29) is 11.8 Å². The van der Waals surface area contributed by atoms with Crippen LogP contribution in [0.3, 0.4) is 0 Å². The molecule has 0 unspecified atom stereocenters. The molecule has 0 spiro atoms. The molecule has 0 saturated heterocycles. The van der Waals surface area contributed by atoms with Crippen molar-refractivity contribution in [3.05, 3.63) is 0 Å². The second-order valence-corrected chi connectivity index (χ2v) is 3.66. The molecular formula is C8H14ClNO. The SMILES string of the molecule is CN(Cl)C(=O)C1CCCCC1. The van der Waals surface area contributed by atoms with Crippen molar-refractivity contribution < 1.29 is 4.79 Å². The van der Waals surface area contributed by atoms with Crippen LogP contribution in [0.15, 0.2) is 0 Å². The Kier molecular flexibility index (Phi) is 3.18. The van der Waals surface area contributed by atoms with Gasteiger partial charge in [-0.1, -0.05) is 19.3 Å². The lowest BCUT2D eigenvalue weighted by molar-refractivity contribution is -0.130. The summed E-state index contributed by atoms with van der Waals surface area (Å²) in [5, 5.41) is 0. The van der Waals surface area contributed by atoms with Gasteiger partial charge in [-0.05, 0) is 12.8 Å². The van der Waals surface area contributed by atoms with Gasteiger partial charge in [-0.25, -0.2) is 0 Å². The van der Waals surface area contributed by atoms with E-state index < -0.39 is 0 Å². The van der Waals surface area contributed by atoms with E-state index in [1.54, 1.807) is 7.05 Å². The Hall–Kier alpha value is -0.240. The predicted molar refractivity (Wildman–Crippen MR) is 45.2 cm³/mol. The van der Waals surface area contributed by atoms with Crippen LogP contribution in [0, 0.1) is 5.92 Å². The Labute approximate surface area is 72.6 Å². The minimum atomic E-state index is 0.0892. The van der Waals surface area contributed by atoms with Crippen LogP contribution in [0.25, 0.3) is 0 Å². The first-order valence-electron chi connectivity index (χ1n) is 4.15. The fourth-order valence-corrected chi connectivity index (χ4v) is 1.74. The Balaban J connectivity index is 2.39. The Morgan fingerprint density at radius 2 is 1.91 bits per heavy atom. The maximum Gasteiger partial charge on any atom is 0.239 e. The topological polar surface area (TPSA) is 20.3 Å². The molecule has 0 N–H and O–H groups in total. The molecule has 3 heteroatoms. The van der Waals surface area contributed by atoms with Gasteiger partial charge in [0.15, 0.2) is 0 Å². The van der Waals surface area contributed by atoms with Gasteiger partial charge in [0.1, 0.15) is 0 Å². The lowest BCUT2D eigenvalue weighted by Gasteiger charge is -2.22. The number of amides is 1. The summed E-state index contributed by atoms with van der Waals surface area (Å²) >= 11 is 5.55. The highest BCUT2D eigenvalue weighted by atomic mass is 35.5. The molecule has 0 bridgehead atoms. The summed E-state index contributed by atoms with van der Waals surface area (Å²) in [6, 6.07) is 0. The summed E-state index contributed by atoms with van der Waals surface area (Å²) in [4.78, 5) is 11.3. The average Bonchev–Trinajstić information content (AvgIpc) is 2.05. The molecule has 0 atom stereocenters. The van der Waals surface area contributed by atoms with Crippen molar-refractivity contribution in [1.82, 2.24) is 4.42 Å². The van der Waals surface area contributed by atoms with Crippen molar-refractivity contribution in [1.29, 1.82) is 0 Å². The molecule has 1 aliphatic carbocycles. The molecule has 11 heavy (non-hydrogen) atoms. The van der Waals surface area contributed by atoms with Crippen molar-refractivity contribution in [2.75, 3.05) is 7.05 Å². The molecule has 1 saturated carbocycles. The van der Waals surface area contributed by atoms with Crippen molar-refractivity contribution in [2.45, 2.75) is 32.1 Å². The zero-order valence-corrected chi connectivity index (χ0v) is 7.60. The summed E-state index contributed by atoms with van der Waals surface area (Å²) in [5.41, 5.74) is 0. The predicted octanol–water partition coefficient (Wildman–Crippen LogP) is 2.18. The Morgan fingerprint density at radius 1 is 1.36 bits per heavy atom. The summed E-state index contributed by atoms with van der Waals surface area (Å²) in [5.74, 6) is 0.289. The molecule has 0 heterocycles. The first-order valence-corrected chi connectivity index (χ1v) is 4.49. The van der Waals surface area contributed by atoms with E-state index in [1.165, 1.54) is 23.7 Å². The maximum atomic E-state index is 11.3. The van der Waals surface area contributed by atoms with Crippen molar-refractivity contribution >= 4 is 17.7 Å². The number of halogens is 1. The Bertz CT molecular complexity index is 141. The lowest BCUT2D eigenvalue weighted by atomic mass is 9.89. The van der Waals surface area contributed by atoms with E-state index in [2.05, 4.69) is 0 Å². The lowest BCUT2D eigenvalue weighted by Crippen LogP contribution is -2.27. The van der Waals surface area contributed by atoms with Crippen LogP contribution in [0.5, 0.6) is 0 Å². The highest BCUT2D eigenvalue weighted by Gasteiger charge is 2.22. The monoisotopic (exact) mass is 175 g/mol. The molecule has 0 aromatic rings. The van der Waals surface area contributed by atoms with Gasteiger partial charge in [0.05, 0.1) is 0 Å². The molecule has 2 nitrogen and oxygen atoms in total. The van der Waals surface area contributed by atoms with Gasteiger partial charge in [-0.3, -0.25) is 9.21 Å². The van der Waals surface area contributed by atoms with Crippen LogP contribution in [-0.2, 0) is 4.79 Å². The number of hydrogen-bond donors (Lipinski definition) is 0. The highest BCUT2D eigenvalue weighted by molar-refractivity contribution is 6.21. The minimum absolute atomic E-state index is 0.0892. The summed E-state index contributed by atoms with van der Waals surface area (Å²) in [6.45, 7) is 0. The summed E-state index contributed by atoms with van der Waals surface area (Å²) < 4.78 is 1.19. The first-order chi connectivity index (χ1) is 5.22. The smallest absolute Gasteiger partial charge is 0.239 e. The first kappa shape index (κ1) is 8.85. The van der Waals surface area contributed by atoms with Crippen LogP contribution >= 0.6 is 11.8 Å². The molecule has 1 rings (SSSR count). The van der Waals surface area contributed by atoms with E-state index in [0.29, 0.717) is 0 Å². The summed E-state index contributed by atoms with van der Waals surface area (Å²) in [6.07, 6.45) is 5.68. The summed E-state index contributed by atoms with van der Waals surface area (Å²) in [7, 11) is 1.61. The van der Waals surface area contributed by atoms with E-state index in [1.807, 2.05) is 0 Å². The third-order valence-electron chi connectivity index (χ3n) is 2.26. The van der Waals surface area contributed by atoms with Crippen LogP contribution in [0.4, 0.5) is 0 Å². The molecule has 0 radical (unpaired) electrons. The highest BCUT2D eigenvalue weighted by Crippen LogP contribution is 2.25. The molecule has 1 amide bonds. The number of nitrogens with zero attached hydrogens (tertiary/aromatic N) is 1. The number of carbonyl (C=O) groups excluding carboxylic acids is 1. The van der Waals surface area contributed by atoms with E-state index in [0.717, 1.165) is 12.8 Å². The second-order valence-electron chi connectivity index (χ2n) is 3.15. The van der Waals surface area contributed by atoms with Gasteiger partial charge in [-0.2, -0.15) is 0 Å². The molecule has 1 aliphatic rings. The second kappa shape index (κ2) is 3.96. The normalized spacial score (nSPS) is 19.8. The van der Waals surface area contributed by atoms with Crippen LogP contribution in [-0.4, -0.2) is 17.4 Å². The quantitative estimate of drug-likeness (QED) is 0.560. The van der Waals surface area contributed by atoms with Crippen molar-refractivity contribution in [3.8, 4) is 0 Å². The maximum absolute atomic E-state index is 11.3. The molecular weight excluding hydrogens is 162 g/mol. The van der Waals surface area contributed by atoms with Gasteiger partial charge in [0.2, 0.25) is 5.91 Å². The van der Waals surface area contributed by atoms with Crippen LogP contribution < -0.4 is 0 Å². The molecule has 0 aromatic heterocycles. The fraction of sp³-hybridized carbons (Fsp3) is 0.875. The van der Waals surface area contributed by atoms with Gasteiger partial charge in [0, 0.05) is 24.7 Å². The molecule has 1 fully saturated rings. The van der Waals surface area contributed by atoms with Gasteiger partial charge in [0.25, 0.3) is 0 Å². The molecule has 0 aliphatic heterocycles. The number of carbonyl (C=O) groups is 1. The Morgan fingerprint density at radius 3 is 2.36 bits per heavy atom. The average molecular weight is 176 g/mol. The third kappa shape index (κ3) is 2.37. The minimum Gasteiger partial charge on any atom is -0.273 e. The van der Waals surface area contributed by atoms with Crippen LogP contribution in [0.1, 0.15) is 32.1 Å². The van der Waals surface area contributed by atoms with Gasteiger partial charge >= 0.3 is 0 Å². The van der Waals surface area contributed by atoms with Gasteiger partial charge < -0.3 is 0 Å². The standard InChI is InChI=1S/C8H14ClNO/c1-10(9)8(11)7-5-3-2-4-6-7/h7H,2-6H2,1H3. The van der Waals surface area contributed by atoms with Crippen LogP contribution in [0.2, 0.25) is 0 Å². The molecule has 0 aromatic carbocycles. The largest absolute Gasteiger partial charge is 0.273 e. The van der Waals surface area contributed by atoms with Crippen molar-refractivity contribution in [2.24, 2.45) is 5.92 Å². The van der Waals surface area contributed by atoms with E-state index in [4.69, 9.17) is 11.8 Å². The van der Waals surface area contributed by atoms with E-state index >= 15 is 0 Å². The zero-order valence-electron chi connectivity index (χ0n) is 6.85. The van der Waals surface area contributed by atoms with E-state index in [9.17, 15) is 4.79 Å². The third-order valence-corrected chi connectivity index (χ3v) is 2.42. The van der Waals surface area contributed by atoms with Gasteiger partial charge in [-0.15, -0.1) is 0 Å².